The summed E-state index contributed by atoms with van der Waals surface area (Å²) in [6, 6.07) is 0. The molecular weight excluding hydrogens is 160 g/mol. The molecular formula is C12H18O. The molecule has 1 heteroatoms. The molecule has 0 aromatic rings. The third-order valence-corrected chi connectivity index (χ3v) is 3.87. The Hall–Kier alpha value is -0.560. The van der Waals surface area contributed by atoms with Crippen molar-refractivity contribution in [2.45, 2.75) is 33.6 Å². The smallest absolute Gasteiger partial charge is 0.0471 e. The molecule has 1 nitrogen and oxygen atoms in total. The fourth-order valence-corrected chi connectivity index (χ4v) is 2.32. The van der Waals surface area contributed by atoms with Crippen molar-refractivity contribution in [3.8, 4) is 0 Å². The van der Waals surface area contributed by atoms with E-state index in [1.54, 1.807) is 0 Å². The van der Waals surface area contributed by atoms with Crippen LogP contribution in [0, 0.1) is 10.8 Å². The summed E-state index contributed by atoms with van der Waals surface area (Å²) in [6.07, 6.45) is 6.76. The summed E-state index contributed by atoms with van der Waals surface area (Å²) in [5.74, 6) is 0. The quantitative estimate of drug-likeness (QED) is 0.701. The van der Waals surface area contributed by atoms with Gasteiger partial charge in [0.05, 0.1) is 0 Å². The number of rotatable bonds is 4. The first-order valence-electron chi connectivity index (χ1n) is 5.14. The van der Waals surface area contributed by atoms with E-state index in [-0.39, 0.29) is 6.61 Å². The van der Waals surface area contributed by atoms with Gasteiger partial charge in [0.2, 0.25) is 0 Å². The largest absolute Gasteiger partial charge is 0.396 e. The highest BCUT2D eigenvalue weighted by Gasteiger charge is 2.58. The SMILES string of the molecule is CCC(C)(C)[C@]12C=C(CCO)C1=C2. The Labute approximate surface area is 80.2 Å². The van der Waals surface area contributed by atoms with Gasteiger partial charge in [-0.1, -0.05) is 32.9 Å². The second-order valence-electron chi connectivity index (χ2n) is 4.81. The summed E-state index contributed by atoms with van der Waals surface area (Å²) in [4.78, 5) is 0. The molecule has 2 rings (SSSR count). The molecule has 2 aliphatic rings. The van der Waals surface area contributed by atoms with E-state index in [9.17, 15) is 0 Å². The molecule has 1 atom stereocenters. The molecule has 0 aliphatic heterocycles. The van der Waals surface area contributed by atoms with E-state index in [0.717, 1.165) is 6.42 Å². The lowest BCUT2D eigenvalue weighted by Crippen LogP contribution is -2.31. The van der Waals surface area contributed by atoms with Crippen LogP contribution in [0.4, 0.5) is 0 Å². The maximum atomic E-state index is 8.81. The van der Waals surface area contributed by atoms with Gasteiger partial charge in [-0.3, -0.25) is 0 Å². The summed E-state index contributed by atoms with van der Waals surface area (Å²) in [7, 11) is 0. The number of fused-ring (bicyclic) bond motifs is 1. The van der Waals surface area contributed by atoms with Gasteiger partial charge in [0.1, 0.15) is 0 Å². The third kappa shape index (κ3) is 0.969. The second kappa shape index (κ2) is 2.48. The topological polar surface area (TPSA) is 20.2 Å². The van der Waals surface area contributed by atoms with E-state index in [4.69, 9.17) is 5.11 Å². The Balaban J connectivity index is 2.10. The summed E-state index contributed by atoms with van der Waals surface area (Å²) in [5.41, 5.74) is 3.59. The average molecular weight is 178 g/mol. The first-order chi connectivity index (χ1) is 6.07. The molecule has 0 amide bonds. The lowest BCUT2D eigenvalue weighted by Gasteiger charge is -2.39. The van der Waals surface area contributed by atoms with Crippen molar-refractivity contribution >= 4 is 0 Å². The summed E-state index contributed by atoms with van der Waals surface area (Å²) in [5, 5.41) is 8.81. The van der Waals surface area contributed by atoms with E-state index in [1.165, 1.54) is 17.6 Å². The average Bonchev–Trinajstić information content (AvgIpc) is 2.69. The molecule has 0 saturated heterocycles. The van der Waals surface area contributed by atoms with Gasteiger partial charge in [-0.25, -0.2) is 0 Å². The third-order valence-electron chi connectivity index (χ3n) is 3.87. The molecule has 0 heterocycles. The Morgan fingerprint density at radius 2 is 2.08 bits per heavy atom. The molecule has 0 aromatic carbocycles. The van der Waals surface area contributed by atoms with E-state index in [2.05, 4.69) is 32.9 Å². The zero-order valence-corrected chi connectivity index (χ0v) is 8.72. The number of aliphatic hydroxyl groups excluding tert-OH is 1. The number of allylic oxidation sites excluding steroid dienone is 3. The van der Waals surface area contributed by atoms with Gasteiger partial charge in [0.25, 0.3) is 0 Å². The highest BCUT2D eigenvalue weighted by Crippen LogP contribution is 2.69. The Bertz CT molecular complexity index is 296. The summed E-state index contributed by atoms with van der Waals surface area (Å²) >= 11 is 0. The number of hydrogen-bond donors (Lipinski definition) is 1. The van der Waals surface area contributed by atoms with E-state index < -0.39 is 0 Å². The van der Waals surface area contributed by atoms with Crippen molar-refractivity contribution < 1.29 is 5.11 Å². The van der Waals surface area contributed by atoms with Crippen LogP contribution in [0.2, 0.25) is 0 Å². The highest BCUT2D eigenvalue weighted by molar-refractivity contribution is 5.68. The van der Waals surface area contributed by atoms with Crippen LogP contribution in [0.15, 0.2) is 23.3 Å². The van der Waals surface area contributed by atoms with Gasteiger partial charge in [0, 0.05) is 12.0 Å². The van der Waals surface area contributed by atoms with Crippen LogP contribution >= 0.6 is 0 Å². The minimum absolute atomic E-state index is 0.284. The van der Waals surface area contributed by atoms with E-state index >= 15 is 0 Å². The Morgan fingerprint density at radius 1 is 1.38 bits per heavy atom. The van der Waals surface area contributed by atoms with E-state index in [0.29, 0.717) is 10.8 Å². The van der Waals surface area contributed by atoms with Crippen LogP contribution in [0.25, 0.3) is 0 Å². The minimum Gasteiger partial charge on any atom is -0.396 e. The van der Waals surface area contributed by atoms with Gasteiger partial charge >= 0.3 is 0 Å². The maximum Gasteiger partial charge on any atom is 0.0471 e. The van der Waals surface area contributed by atoms with Crippen LogP contribution in [-0.2, 0) is 0 Å². The molecule has 2 aliphatic carbocycles. The van der Waals surface area contributed by atoms with Crippen LogP contribution in [0.3, 0.4) is 0 Å². The fraction of sp³-hybridized carbons (Fsp3) is 0.667. The second-order valence-corrected chi connectivity index (χ2v) is 4.81. The predicted molar refractivity (Wildman–Crippen MR) is 54.4 cm³/mol. The molecule has 1 N–H and O–H groups in total. The van der Waals surface area contributed by atoms with Crippen LogP contribution < -0.4 is 0 Å². The first kappa shape index (κ1) is 9.01. The molecule has 72 valence electrons. The fourth-order valence-electron chi connectivity index (χ4n) is 2.32. The van der Waals surface area contributed by atoms with Crippen molar-refractivity contribution in [1.82, 2.24) is 0 Å². The van der Waals surface area contributed by atoms with Crippen LogP contribution in [-0.4, -0.2) is 11.7 Å². The monoisotopic (exact) mass is 178 g/mol. The van der Waals surface area contributed by atoms with Gasteiger partial charge < -0.3 is 5.11 Å². The predicted octanol–water partition coefficient (Wildman–Crippen LogP) is 2.67. The van der Waals surface area contributed by atoms with Gasteiger partial charge in [-0.15, -0.1) is 0 Å². The van der Waals surface area contributed by atoms with Crippen molar-refractivity contribution in [1.29, 1.82) is 0 Å². The van der Waals surface area contributed by atoms with Crippen molar-refractivity contribution in [3.63, 3.8) is 0 Å². The van der Waals surface area contributed by atoms with Crippen molar-refractivity contribution in [3.05, 3.63) is 23.3 Å². The van der Waals surface area contributed by atoms with Gasteiger partial charge in [0.15, 0.2) is 0 Å². The Morgan fingerprint density at radius 3 is 2.54 bits per heavy atom. The van der Waals surface area contributed by atoms with E-state index in [1.807, 2.05) is 0 Å². The molecule has 0 spiro atoms. The molecule has 0 bridgehead atoms. The molecule has 0 aromatic heterocycles. The normalized spacial score (nSPS) is 30.2. The summed E-state index contributed by atoms with van der Waals surface area (Å²) in [6.45, 7) is 7.17. The van der Waals surface area contributed by atoms with Crippen molar-refractivity contribution in [2.24, 2.45) is 10.8 Å². The lowest BCUT2D eigenvalue weighted by molar-refractivity contribution is 0.230. The highest BCUT2D eigenvalue weighted by atomic mass is 16.2. The number of hydrogen-bond acceptors (Lipinski definition) is 1. The summed E-state index contributed by atoms with van der Waals surface area (Å²) < 4.78 is 0. The van der Waals surface area contributed by atoms with Crippen molar-refractivity contribution in [2.75, 3.05) is 6.61 Å². The lowest BCUT2D eigenvalue weighted by atomic mass is 9.64. The molecule has 0 saturated carbocycles. The van der Waals surface area contributed by atoms with Crippen LogP contribution in [0.5, 0.6) is 0 Å². The molecule has 0 radical (unpaired) electrons. The standard InChI is InChI=1S/C12H18O/c1-4-11(2,3)12-7-9(5-6-13)10(12)8-12/h7-8,13H,4-6H2,1-3H3/t12-/m0/s1. The van der Waals surface area contributed by atoms with Gasteiger partial charge in [-0.05, 0) is 29.4 Å². The minimum atomic E-state index is 0.284. The molecule has 0 fully saturated rings. The zero-order chi connectivity index (χ0) is 9.69. The van der Waals surface area contributed by atoms with Crippen LogP contribution in [0.1, 0.15) is 33.6 Å². The number of aliphatic hydroxyl groups is 1. The zero-order valence-electron chi connectivity index (χ0n) is 8.72. The first-order valence-corrected chi connectivity index (χ1v) is 5.14. The van der Waals surface area contributed by atoms with Gasteiger partial charge in [-0.2, -0.15) is 0 Å². The molecule has 0 unspecified atom stereocenters. The molecule has 13 heavy (non-hydrogen) atoms. The maximum absolute atomic E-state index is 8.81. The Kier molecular flexibility index (Phi) is 1.72.